The molecule has 19 heavy (non-hydrogen) atoms. The third-order valence-electron chi connectivity index (χ3n) is 5.30. The van der Waals surface area contributed by atoms with Crippen molar-refractivity contribution in [1.29, 1.82) is 0 Å². The van der Waals surface area contributed by atoms with Crippen molar-refractivity contribution >= 4 is 0 Å². The summed E-state index contributed by atoms with van der Waals surface area (Å²) in [5.41, 5.74) is 1.16. The van der Waals surface area contributed by atoms with E-state index in [9.17, 15) is 0 Å². The van der Waals surface area contributed by atoms with Gasteiger partial charge in [-0.2, -0.15) is 0 Å². The minimum Gasteiger partial charge on any atom is -0.298 e. The molecule has 2 aliphatic heterocycles. The fourth-order valence-corrected chi connectivity index (χ4v) is 4.26. The summed E-state index contributed by atoms with van der Waals surface area (Å²) in [5, 5.41) is 0. The van der Waals surface area contributed by atoms with Gasteiger partial charge in [0.2, 0.25) is 0 Å². The molecule has 0 unspecified atom stereocenters. The predicted octanol–water partition coefficient (Wildman–Crippen LogP) is 3.90. The van der Waals surface area contributed by atoms with Gasteiger partial charge in [-0.25, -0.2) is 0 Å². The maximum absolute atomic E-state index is 2.84. The number of hydrogen-bond donors (Lipinski definition) is 0. The van der Waals surface area contributed by atoms with Crippen molar-refractivity contribution in [3.63, 3.8) is 0 Å². The summed E-state index contributed by atoms with van der Waals surface area (Å²) in [6, 6.07) is 0. The molecule has 0 bridgehead atoms. The van der Waals surface area contributed by atoms with Gasteiger partial charge < -0.3 is 0 Å². The van der Waals surface area contributed by atoms with Crippen molar-refractivity contribution in [2.45, 2.75) is 90.3 Å². The van der Waals surface area contributed by atoms with Crippen molar-refractivity contribution in [3.05, 3.63) is 0 Å². The molecule has 2 aliphatic rings. The van der Waals surface area contributed by atoms with Crippen LogP contribution in [-0.2, 0) is 0 Å². The Morgan fingerprint density at radius 1 is 0.684 bits per heavy atom. The molecular weight excluding hydrogens is 232 g/mol. The number of nitrogens with zero attached hydrogens (tertiary/aromatic N) is 2. The second-order valence-electron chi connectivity index (χ2n) is 8.66. The standard InChI is InChI=1S/C17H34N2/c1-15(2,3)18-13-10-17(11-14-18)9-7-8-12-19(17)16(4,5)6/h7-14H2,1-6H3. The van der Waals surface area contributed by atoms with Gasteiger partial charge >= 0.3 is 0 Å². The highest BCUT2D eigenvalue weighted by Crippen LogP contribution is 2.42. The molecule has 2 rings (SSSR count). The predicted molar refractivity (Wildman–Crippen MR) is 83.6 cm³/mol. The van der Waals surface area contributed by atoms with Crippen LogP contribution in [0.4, 0.5) is 0 Å². The van der Waals surface area contributed by atoms with Gasteiger partial charge in [-0.05, 0) is 73.8 Å². The van der Waals surface area contributed by atoms with Crippen LogP contribution in [0, 0.1) is 0 Å². The average Bonchev–Trinajstić information content (AvgIpc) is 2.27. The van der Waals surface area contributed by atoms with E-state index in [0.717, 1.165) is 0 Å². The molecule has 0 amide bonds. The number of rotatable bonds is 0. The molecule has 2 nitrogen and oxygen atoms in total. The fraction of sp³-hybridized carbons (Fsp3) is 1.00. The lowest BCUT2D eigenvalue weighted by Crippen LogP contribution is -2.64. The summed E-state index contributed by atoms with van der Waals surface area (Å²) in [4.78, 5) is 5.51. The van der Waals surface area contributed by atoms with Crippen molar-refractivity contribution in [2.75, 3.05) is 19.6 Å². The van der Waals surface area contributed by atoms with Gasteiger partial charge in [-0.15, -0.1) is 0 Å². The Morgan fingerprint density at radius 3 is 1.74 bits per heavy atom. The third kappa shape index (κ3) is 3.16. The van der Waals surface area contributed by atoms with Crippen LogP contribution in [0.25, 0.3) is 0 Å². The Bertz CT molecular complexity index is 300. The van der Waals surface area contributed by atoms with Crippen LogP contribution >= 0.6 is 0 Å². The van der Waals surface area contributed by atoms with Crippen LogP contribution in [0.5, 0.6) is 0 Å². The number of hydrogen-bond acceptors (Lipinski definition) is 2. The maximum Gasteiger partial charge on any atom is 0.0239 e. The van der Waals surface area contributed by atoms with E-state index in [1.54, 1.807) is 0 Å². The quantitative estimate of drug-likeness (QED) is 0.656. The van der Waals surface area contributed by atoms with Crippen molar-refractivity contribution in [3.8, 4) is 0 Å². The lowest BCUT2D eigenvalue weighted by Gasteiger charge is -2.57. The molecule has 2 heteroatoms. The van der Waals surface area contributed by atoms with E-state index in [2.05, 4.69) is 51.3 Å². The van der Waals surface area contributed by atoms with E-state index in [1.165, 1.54) is 51.7 Å². The molecule has 0 aromatic heterocycles. The molecule has 0 aromatic rings. The average molecular weight is 266 g/mol. The van der Waals surface area contributed by atoms with Crippen LogP contribution in [-0.4, -0.2) is 46.1 Å². The van der Waals surface area contributed by atoms with Crippen LogP contribution in [0.15, 0.2) is 0 Å². The molecule has 0 radical (unpaired) electrons. The first-order chi connectivity index (χ1) is 8.65. The van der Waals surface area contributed by atoms with Crippen molar-refractivity contribution < 1.29 is 0 Å². The highest BCUT2D eigenvalue weighted by molar-refractivity contribution is 5.02. The van der Waals surface area contributed by atoms with Gasteiger partial charge in [-0.1, -0.05) is 6.42 Å². The van der Waals surface area contributed by atoms with E-state index >= 15 is 0 Å². The SMILES string of the molecule is CC(C)(C)N1CCC2(CCCCN2C(C)(C)C)CC1. The first-order valence-electron chi connectivity index (χ1n) is 8.18. The summed E-state index contributed by atoms with van der Waals surface area (Å²) in [6.45, 7) is 18.1. The Kier molecular flexibility index (Phi) is 4.06. The van der Waals surface area contributed by atoms with E-state index < -0.39 is 0 Å². The molecule has 1 spiro atoms. The second-order valence-corrected chi connectivity index (χ2v) is 8.66. The molecule has 0 N–H and O–H groups in total. The van der Waals surface area contributed by atoms with Gasteiger partial charge in [-0.3, -0.25) is 9.80 Å². The molecule has 2 fully saturated rings. The zero-order chi connectivity index (χ0) is 14.3. The molecule has 112 valence electrons. The highest BCUT2D eigenvalue weighted by atomic mass is 15.3. The van der Waals surface area contributed by atoms with E-state index in [4.69, 9.17) is 0 Å². The Balaban J connectivity index is 2.11. The lowest BCUT2D eigenvalue weighted by molar-refractivity contribution is -0.0720. The number of piperidine rings is 2. The summed E-state index contributed by atoms with van der Waals surface area (Å²) < 4.78 is 0. The van der Waals surface area contributed by atoms with Gasteiger partial charge in [0.05, 0.1) is 0 Å². The van der Waals surface area contributed by atoms with Crippen molar-refractivity contribution in [1.82, 2.24) is 9.80 Å². The molecule has 0 aliphatic carbocycles. The summed E-state index contributed by atoms with van der Waals surface area (Å²) in [6.07, 6.45) is 6.97. The minimum atomic E-state index is 0.324. The summed E-state index contributed by atoms with van der Waals surface area (Å²) in [5.74, 6) is 0. The van der Waals surface area contributed by atoms with Gasteiger partial charge in [0, 0.05) is 29.7 Å². The van der Waals surface area contributed by atoms with Gasteiger partial charge in [0.1, 0.15) is 0 Å². The Hall–Kier alpha value is -0.0800. The molecule has 2 heterocycles. The van der Waals surface area contributed by atoms with E-state index in [-0.39, 0.29) is 0 Å². The Morgan fingerprint density at radius 2 is 1.26 bits per heavy atom. The minimum absolute atomic E-state index is 0.324. The van der Waals surface area contributed by atoms with Crippen LogP contribution in [0.2, 0.25) is 0 Å². The van der Waals surface area contributed by atoms with Gasteiger partial charge in [0.25, 0.3) is 0 Å². The topological polar surface area (TPSA) is 6.48 Å². The smallest absolute Gasteiger partial charge is 0.0239 e. The monoisotopic (exact) mass is 266 g/mol. The summed E-state index contributed by atoms with van der Waals surface area (Å²) >= 11 is 0. The molecule has 0 aromatic carbocycles. The van der Waals surface area contributed by atoms with Crippen molar-refractivity contribution in [2.24, 2.45) is 0 Å². The van der Waals surface area contributed by atoms with Gasteiger partial charge in [0.15, 0.2) is 0 Å². The fourth-order valence-electron chi connectivity index (χ4n) is 4.26. The first kappa shape index (κ1) is 15.3. The maximum atomic E-state index is 2.84. The normalized spacial score (nSPS) is 26.8. The van der Waals surface area contributed by atoms with Crippen LogP contribution in [0.1, 0.15) is 73.6 Å². The molecule has 0 atom stereocenters. The second kappa shape index (κ2) is 5.04. The highest BCUT2D eigenvalue weighted by Gasteiger charge is 2.46. The van der Waals surface area contributed by atoms with E-state index in [0.29, 0.717) is 16.6 Å². The first-order valence-corrected chi connectivity index (χ1v) is 8.18. The van der Waals surface area contributed by atoms with E-state index in [1.807, 2.05) is 0 Å². The molecular formula is C17H34N2. The summed E-state index contributed by atoms with van der Waals surface area (Å²) in [7, 11) is 0. The number of likely N-dealkylation sites (tertiary alicyclic amines) is 2. The zero-order valence-electron chi connectivity index (χ0n) is 14.1. The zero-order valence-corrected chi connectivity index (χ0v) is 14.1. The molecule has 0 saturated carbocycles. The van der Waals surface area contributed by atoms with Crippen LogP contribution < -0.4 is 0 Å². The van der Waals surface area contributed by atoms with Crippen LogP contribution in [0.3, 0.4) is 0 Å². The Labute approximate surface area is 120 Å². The third-order valence-corrected chi connectivity index (χ3v) is 5.30. The largest absolute Gasteiger partial charge is 0.298 e. The lowest BCUT2D eigenvalue weighted by atomic mass is 9.75. The molecule has 2 saturated heterocycles.